The van der Waals surface area contributed by atoms with Crippen molar-refractivity contribution in [1.29, 1.82) is 0 Å². The van der Waals surface area contributed by atoms with Crippen molar-refractivity contribution in [3.63, 3.8) is 0 Å². The molecule has 26 heavy (non-hydrogen) atoms. The first-order chi connectivity index (χ1) is 12.6. The van der Waals surface area contributed by atoms with E-state index < -0.39 is 6.04 Å². The van der Waals surface area contributed by atoms with Crippen molar-refractivity contribution in [2.45, 2.75) is 26.8 Å². The maximum atomic E-state index is 12.6. The molecule has 2 rings (SSSR count). The number of ether oxygens (including phenoxy) is 1. The molecule has 1 heterocycles. The van der Waals surface area contributed by atoms with E-state index in [1.54, 1.807) is 6.92 Å². The molecule has 1 aliphatic rings. The summed E-state index contributed by atoms with van der Waals surface area (Å²) >= 11 is 0. The molecule has 1 amide bonds. The van der Waals surface area contributed by atoms with E-state index in [2.05, 4.69) is 10.2 Å². The van der Waals surface area contributed by atoms with Crippen molar-refractivity contribution in [2.24, 2.45) is 5.92 Å². The van der Waals surface area contributed by atoms with Crippen LogP contribution in [-0.4, -0.2) is 62.7 Å². The molecule has 1 aliphatic heterocycles. The Morgan fingerprint density at radius 1 is 1.31 bits per heavy atom. The van der Waals surface area contributed by atoms with Crippen molar-refractivity contribution >= 4 is 17.9 Å². The van der Waals surface area contributed by atoms with Crippen molar-refractivity contribution < 1.29 is 19.2 Å². The average Bonchev–Trinajstić information content (AvgIpc) is 2.66. The third kappa shape index (κ3) is 5.19. The number of anilines is 1. The van der Waals surface area contributed by atoms with Gasteiger partial charge in [0.25, 0.3) is 5.91 Å². The lowest BCUT2D eigenvalue weighted by Gasteiger charge is -2.31. The molecule has 0 saturated carbocycles. The number of hydroxylamine groups is 2. The van der Waals surface area contributed by atoms with Crippen LogP contribution in [-0.2, 0) is 14.4 Å². The highest BCUT2D eigenvalue weighted by atomic mass is 16.7. The smallest absolute Gasteiger partial charge is 0.284 e. The largest absolute Gasteiger partial charge is 0.482 e. The molecule has 7 nitrogen and oxygen atoms in total. The van der Waals surface area contributed by atoms with Gasteiger partial charge in [-0.05, 0) is 25.0 Å². The zero-order valence-corrected chi connectivity index (χ0v) is 15.8. The molecule has 7 heteroatoms. The first-order valence-electron chi connectivity index (χ1n) is 9.16. The fourth-order valence-corrected chi connectivity index (χ4v) is 2.90. The van der Waals surface area contributed by atoms with Gasteiger partial charge in [-0.15, -0.1) is 0 Å². The standard InChI is InChI=1S/C19H29N3O4/c1-4-26-22(17(13-23)15(2)3)19(24)14-25-18-8-6-5-7-16(18)21-11-9-20-10-12-21/h5-8,13,15,17,20H,4,9-12,14H2,1-3H3. The van der Waals surface area contributed by atoms with Gasteiger partial charge in [-0.1, -0.05) is 26.0 Å². The second-order valence-corrected chi connectivity index (χ2v) is 6.50. The number of piperazine rings is 1. The molecule has 1 fully saturated rings. The van der Waals surface area contributed by atoms with E-state index in [-0.39, 0.29) is 18.4 Å². The van der Waals surface area contributed by atoms with Crippen molar-refractivity contribution in [1.82, 2.24) is 10.4 Å². The summed E-state index contributed by atoms with van der Waals surface area (Å²) in [6, 6.07) is 7.06. The van der Waals surface area contributed by atoms with Gasteiger partial charge in [0, 0.05) is 26.2 Å². The molecule has 1 aromatic rings. The highest BCUT2D eigenvalue weighted by Gasteiger charge is 2.27. The van der Waals surface area contributed by atoms with Crippen molar-refractivity contribution in [3.8, 4) is 5.75 Å². The van der Waals surface area contributed by atoms with Crippen LogP contribution < -0.4 is 15.0 Å². The van der Waals surface area contributed by atoms with E-state index in [0.29, 0.717) is 12.4 Å². The average molecular weight is 363 g/mol. The van der Waals surface area contributed by atoms with Crippen LogP contribution in [0.15, 0.2) is 24.3 Å². The topological polar surface area (TPSA) is 71.1 Å². The Balaban J connectivity index is 2.06. The zero-order chi connectivity index (χ0) is 18.9. The molecular weight excluding hydrogens is 334 g/mol. The van der Waals surface area contributed by atoms with Gasteiger partial charge in [-0.25, -0.2) is 5.06 Å². The van der Waals surface area contributed by atoms with E-state index in [4.69, 9.17) is 9.57 Å². The minimum atomic E-state index is -0.630. The third-order valence-electron chi connectivity index (χ3n) is 4.28. The van der Waals surface area contributed by atoms with Gasteiger partial charge in [-0.3, -0.25) is 9.63 Å². The number of amides is 1. The molecule has 144 valence electrons. The number of rotatable bonds is 9. The fourth-order valence-electron chi connectivity index (χ4n) is 2.90. The summed E-state index contributed by atoms with van der Waals surface area (Å²) in [5.41, 5.74) is 0.973. The van der Waals surface area contributed by atoms with E-state index in [9.17, 15) is 9.59 Å². The summed E-state index contributed by atoms with van der Waals surface area (Å²) < 4.78 is 5.80. The number of para-hydroxylation sites is 2. The van der Waals surface area contributed by atoms with Crippen LogP contribution in [0.2, 0.25) is 0 Å². The van der Waals surface area contributed by atoms with Gasteiger partial charge in [0.05, 0.1) is 12.3 Å². The Hall–Kier alpha value is -2.12. The second-order valence-electron chi connectivity index (χ2n) is 6.50. The number of nitrogens with zero attached hydrogens (tertiary/aromatic N) is 2. The molecule has 0 radical (unpaired) electrons. The lowest BCUT2D eigenvalue weighted by molar-refractivity contribution is -0.203. The number of aldehydes is 1. The minimum absolute atomic E-state index is 0.0452. The third-order valence-corrected chi connectivity index (χ3v) is 4.28. The van der Waals surface area contributed by atoms with Gasteiger partial charge in [0.1, 0.15) is 18.1 Å². The van der Waals surface area contributed by atoms with Gasteiger partial charge >= 0.3 is 0 Å². The van der Waals surface area contributed by atoms with Crippen LogP contribution in [0.25, 0.3) is 0 Å². The van der Waals surface area contributed by atoms with E-state index in [1.165, 1.54) is 0 Å². The number of hydrogen-bond donors (Lipinski definition) is 1. The van der Waals surface area contributed by atoms with Gasteiger partial charge < -0.3 is 19.7 Å². The molecule has 1 unspecified atom stereocenters. The highest BCUT2D eigenvalue weighted by Crippen LogP contribution is 2.28. The molecule has 0 aliphatic carbocycles. The summed E-state index contributed by atoms with van der Waals surface area (Å²) in [5, 5.41) is 4.46. The molecule has 0 aromatic heterocycles. The summed E-state index contributed by atoms with van der Waals surface area (Å²) in [4.78, 5) is 31.6. The highest BCUT2D eigenvalue weighted by molar-refractivity contribution is 5.80. The number of carbonyl (C=O) groups is 2. The van der Waals surface area contributed by atoms with Crippen molar-refractivity contribution in [2.75, 3.05) is 44.3 Å². The number of benzene rings is 1. The van der Waals surface area contributed by atoms with Gasteiger partial charge in [0.15, 0.2) is 6.61 Å². The Morgan fingerprint density at radius 2 is 2.00 bits per heavy atom. The molecule has 1 aromatic carbocycles. The number of carbonyl (C=O) groups excluding carboxylic acids is 2. The molecule has 0 spiro atoms. The molecule has 1 N–H and O–H groups in total. The molecule has 1 atom stereocenters. The number of hydrogen-bond acceptors (Lipinski definition) is 6. The molecule has 1 saturated heterocycles. The lowest BCUT2D eigenvalue weighted by Crippen LogP contribution is -2.46. The van der Waals surface area contributed by atoms with Crippen LogP contribution in [0.3, 0.4) is 0 Å². The summed E-state index contributed by atoms with van der Waals surface area (Å²) in [7, 11) is 0. The van der Waals surface area contributed by atoms with Crippen LogP contribution in [0.1, 0.15) is 20.8 Å². The van der Waals surface area contributed by atoms with Crippen LogP contribution in [0, 0.1) is 5.92 Å². The Kier molecular flexibility index (Phi) is 7.87. The molecular formula is C19H29N3O4. The monoisotopic (exact) mass is 363 g/mol. The summed E-state index contributed by atoms with van der Waals surface area (Å²) in [5.74, 6) is 0.246. The lowest BCUT2D eigenvalue weighted by atomic mass is 10.1. The molecule has 0 bridgehead atoms. The van der Waals surface area contributed by atoms with Gasteiger partial charge in [-0.2, -0.15) is 0 Å². The van der Waals surface area contributed by atoms with E-state index in [1.807, 2.05) is 38.1 Å². The van der Waals surface area contributed by atoms with Crippen LogP contribution in [0.4, 0.5) is 5.69 Å². The second kappa shape index (κ2) is 10.1. The van der Waals surface area contributed by atoms with E-state index >= 15 is 0 Å². The van der Waals surface area contributed by atoms with Crippen molar-refractivity contribution in [3.05, 3.63) is 24.3 Å². The predicted molar refractivity (Wildman–Crippen MR) is 100 cm³/mol. The maximum Gasteiger partial charge on any atom is 0.284 e. The zero-order valence-electron chi connectivity index (χ0n) is 15.8. The summed E-state index contributed by atoms with van der Waals surface area (Å²) in [6.07, 6.45) is 0.743. The fraction of sp³-hybridized carbons (Fsp3) is 0.579. The van der Waals surface area contributed by atoms with Gasteiger partial charge in [0.2, 0.25) is 0 Å². The van der Waals surface area contributed by atoms with Crippen LogP contribution >= 0.6 is 0 Å². The Bertz CT molecular complexity index is 588. The summed E-state index contributed by atoms with van der Waals surface area (Å²) in [6.45, 7) is 9.27. The normalized spacial score (nSPS) is 15.6. The van der Waals surface area contributed by atoms with E-state index in [0.717, 1.165) is 43.2 Å². The number of nitrogens with one attached hydrogen (secondary N) is 1. The van der Waals surface area contributed by atoms with Crippen LogP contribution in [0.5, 0.6) is 5.75 Å². The Labute approximate surface area is 155 Å². The maximum absolute atomic E-state index is 12.6. The first-order valence-corrected chi connectivity index (χ1v) is 9.16. The Morgan fingerprint density at radius 3 is 2.62 bits per heavy atom. The first kappa shape index (κ1) is 20.2. The minimum Gasteiger partial charge on any atom is -0.482 e. The quantitative estimate of drug-likeness (QED) is 0.529. The SMILES string of the molecule is CCON(C(=O)COc1ccccc1N1CCNCC1)C(C=O)C(C)C. The predicted octanol–water partition coefficient (Wildman–Crippen LogP) is 1.48.